The van der Waals surface area contributed by atoms with Gasteiger partial charge in [0, 0.05) is 5.56 Å². The number of carbonyl (C=O) groups excluding carboxylic acids is 2. The van der Waals surface area contributed by atoms with E-state index in [9.17, 15) is 9.59 Å². The topological polar surface area (TPSA) is 58.2 Å². The molecule has 1 atom stereocenters. The van der Waals surface area contributed by atoms with Crippen molar-refractivity contribution in [3.8, 4) is 0 Å². The van der Waals surface area contributed by atoms with Crippen LogP contribution in [0.3, 0.4) is 0 Å². The molecular weight excluding hydrogens is 264 g/mol. The second-order valence-corrected chi connectivity index (χ2v) is 4.68. The van der Waals surface area contributed by atoms with Gasteiger partial charge in [-0.2, -0.15) is 0 Å². The van der Waals surface area contributed by atoms with Crippen LogP contribution in [0.25, 0.3) is 0 Å². The van der Waals surface area contributed by atoms with Gasteiger partial charge in [-0.05, 0) is 24.1 Å². The molecule has 2 N–H and O–H groups in total. The summed E-state index contributed by atoms with van der Waals surface area (Å²) in [5.41, 5.74) is 6.38. The normalized spacial score (nSPS) is 11.5. The van der Waals surface area contributed by atoms with Crippen LogP contribution in [0.1, 0.15) is 35.2 Å². The highest BCUT2D eigenvalue weighted by atomic mass is 16.2. The second-order valence-electron chi connectivity index (χ2n) is 4.68. The Morgan fingerprint density at radius 3 is 2.05 bits per heavy atom. The first kappa shape index (κ1) is 14.8. The summed E-state index contributed by atoms with van der Waals surface area (Å²) >= 11 is 0. The van der Waals surface area contributed by atoms with Gasteiger partial charge in [0.15, 0.2) is 0 Å². The van der Waals surface area contributed by atoms with Crippen molar-refractivity contribution in [1.82, 2.24) is 10.9 Å². The number of hydrogen-bond donors (Lipinski definition) is 2. The summed E-state index contributed by atoms with van der Waals surface area (Å²) in [6.07, 6.45) is 0.664. The van der Waals surface area contributed by atoms with Crippen LogP contribution >= 0.6 is 0 Å². The van der Waals surface area contributed by atoms with E-state index in [4.69, 9.17) is 0 Å². The molecule has 2 aromatic rings. The first-order valence-electron chi connectivity index (χ1n) is 6.92. The molecular formula is C17H18N2O2. The molecule has 0 bridgehead atoms. The van der Waals surface area contributed by atoms with Crippen LogP contribution in [0.4, 0.5) is 0 Å². The number of nitrogens with one attached hydrogen (secondary N) is 2. The van der Waals surface area contributed by atoms with Gasteiger partial charge in [0.05, 0.1) is 5.92 Å². The van der Waals surface area contributed by atoms with Gasteiger partial charge in [0.25, 0.3) is 5.91 Å². The fourth-order valence-electron chi connectivity index (χ4n) is 2.12. The predicted molar refractivity (Wildman–Crippen MR) is 81.5 cm³/mol. The molecule has 0 saturated carbocycles. The van der Waals surface area contributed by atoms with Crippen molar-refractivity contribution in [1.29, 1.82) is 0 Å². The summed E-state index contributed by atoms with van der Waals surface area (Å²) < 4.78 is 0. The van der Waals surface area contributed by atoms with Crippen molar-refractivity contribution in [3.63, 3.8) is 0 Å². The van der Waals surface area contributed by atoms with E-state index >= 15 is 0 Å². The van der Waals surface area contributed by atoms with E-state index < -0.39 is 0 Å². The number of rotatable bonds is 4. The van der Waals surface area contributed by atoms with Gasteiger partial charge in [0.1, 0.15) is 0 Å². The van der Waals surface area contributed by atoms with Gasteiger partial charge in [-0.3, -0.25) is 20.4 Å². The predicted octanol–water partition coefficient (Wildman–Crippen LogP) is 2.64. The smallest absolute Gasteiger partial charge is 0.269 e. The number of benzene rings is 2. The number of carbonyl (C=O) groups is 2. The number of hydrazine groups is 1. The third kappa shape index (κ3) is 3.92. The standard InChI is InChI=1S/C17H18N2O2/c1-2-15(13-9-5-3-6-10-13)17(21)19-18-16(20)14-11-7-4-8-12-14/h3-12,15H,2H2,1H3,(H,18,20)(H,19,21)/t15-/m1/s1. The Hall–Kier alpha value is -2.62. The van der Waals surface area contributed by atoms with Crippen molar-refractivity contribution < 1.29 is 9.59 Å². The van der Waals surface area contributed by atoms with Crippen molar-refractivity contribution in [2.75, 3.05) is 0 Å². The van der Waals surface area contributed by atoms with Crippen LogP contribution in [0.2, 0.25) is 0 Å². The Morgan fingerprint density at radius 1 is 0.905 bits per heavy atom. The van der Waals surface area contributed by atoms with Gasteiger partial charge >= 0.3 is 0 Å². The SMILES string of the molecule is CC[C@@H](C(=O)NNC(=O)c1ccccc1)c1ccccc1. The molecule has 21 heavy (non-hydrogen) atoms. The average molecular weight is 282 g/mol. The Labute approximate surface area is 124 Å². The van der Waals surface area contributed by atoms with Crippen LogP contribution in [0.5, 0.6) is 0 Å². The lowest BCUT2D eigenvalue weighted by atomic mass is 9.96. The highest BCUT2D eigenvalue weighted by Gasteiger charge is 2.18. The quantitative estimate of drug-likeness (QED) is 0.847. The van der Waals surface area contributed by atoms with E-state index in [0.29, 0.717) is 12.0 Å². The molecule has 108 valence electrons. The summed E-state index contributed by atoms with van der Waals surface area (Å²) in [6.45, 7) is 1.94. The third-order valence-corrected chi connectivity index (χ3v) is 3.26. The summed E-state index contributed by atoms with van der Waals surface area (Å²) in [6, 6.07) is 18.3. The maximum Gasteiger partial charge on any atom is 0.269 e. The fraction of sp³-hybridized carbons (Fsp3) is 0.176. The van der Waals surface area contributed by atoms with Crippen LogP contribution in [0.15, 0.2) is 60.7 Å². The zero-order chi connectivity index (χ0) is 15.1. The molecule has 0 aliphatic heterocycles. The molecule has 0 saturated heterocycles. The van der Waals surface area contributed by atoms with Crippen LogP contribution in [-0.4, -0.2) is 11.8 Å². The van der Waals surface area contributed by atoms with E-state index in [1.807, 2.05) is 43.3 Å². The molecule has 0 radical (unpaired) electrons. The van der Waals surface area contributed by atoms with Crippen molar-refractivity contribution in [2.45, 2.75) is 19.3 Å². The highest BCUT2D eigenvalue weighted by molar-refractivity contribution is 5.96. The monoisotopic (exact) mass is 282 g/mol. The Kier molecular flexibility index (Phi) is 5.10. The minimum Gasteiger partial charge on any atom is -0.273 e. The highest BCUT2D eigenvalue weighted by Crippen LogP contribution is 2.18. The van der Waals surface area contributed by atoms with Crippen LogP contribution < -0.4 is 10.9 Å². The molecule has 0 heterocycles. The Balaban J connectivity index is 1.96. The van der Waals surface area contributed by atoms with E-state index in [-0.39, 0.29) is 17.7 Å². The first-order valence-corrected chi connectivity index (χ1v) is 6.92. The van der Waals surface area contributed by atoms with Gasteiger partial charge in [-0.15, -0.1) is 0 Å². The molecule has 4 heteroatoms. The van der Waals surface area contributed by atoms with Gasteiger partial charge in [0.2, 0.25) is 5.91 Å². The molecule has 0 aliphatic carbocycles. The summed E-state index contributed by atoms with van der Waals surface area (Å²) in [4.78, 5) is 24.1. The molecule has 0 unspecified atom stereocenters. The van der Waals surface area contributed by atoms with Crippen LogP contribution in [0, 0.1) is 0 Å². The van der Waals surface area contributed by atoms with Crippen molar-refractivity contribution in [3.05, 3.63) is 71.8 Å². The maximum atomic E-state index is 12.2. The lowest BCUT2D eigenvalue weighted by Gasteiger charge is -2.15. The van der Waals surface area contributed by atoms with Gasteiger partial charge < -0.3 is 0 Å². The maximum absolute atomic E-state index is 12.2. The summed E-state index contributed by atoms with van der Waals surface area (Å²) in [5, 5.41) is 0. The van der Waals surface area contributed by atoms with Crippen LogP contribution in [-0.2, 0) is 4.79 Å². The zero-order valence-electron chi connectivity index (χ0n) is 11.9. The first-order chi connectivity index (χ1) is 10.2. The molecule has 4 nitrogen and oxygen atoms in total. The van der Waals surface area contributed by atoms with Gasteiger partial charge in [-0.1, -0.05) is 55.5 Å². The number of amides is 2. The number of hydrogen-bond acceptors (Lipinski definition) is 2. The summed E-state index contributed by atoms with van der Waals surface area (Å²) in [5.74, 6) is -0.817. The molecule has 0 fully saturated rings. The van der Waals surface area contributed by atoms with Gasteiger partial charge in [-0.25, -0.2) is 0 Å². The fourth-order valence-corrected chi connectivity index (χ4v) is 2.12. The molecule has 0 aliphatic rings. The lowest BCUT2D eigenvalue weighted by molar-refractivity contribution is -0.123. The minimum absolute atomic E-state index is 0.215. The zero-order valence-corrected chi connectivity index (χ0v) is 11.9. The average Bonchev–Trinajstić information content (AvgIpc) is 2.55. The van der Waals surface area contributed by atoms with E-state index in [2.05, 4.69) is 10.9 Å². The molecule has 2 amide bonds. The molecule has 2 rings (SSSR count). The van der Waals surface area contributed by atoms with Crippen molar-refractivity contribution in [2.24, 2.45) is 0 Å². The minimum atomic E-state index is -0.327. The Bertz CT molecular complexity index is 597. The lowest BCUT2D eigenvalue weighted by Crippen LogP contribution is -2.43. The Morgan fingerprint density at radius 2 is 1.48 bits per heavy atom. The second kappa shape index (κ2) is 7.24. The van der Waals surface area contributed by atoms with E-state index in [1.165, 1.54) is 0 Å². The van der Waals surface area contributed by atoms with Crippen molar-refractivity contribution >= 4 is 11.8 Å². The molecule has 2 aromatic carbocycles. The van der Waals surface area contributed by atoms with E-state index in [0.717, 1.165) is 5.56 Å². The molecule has 0 spiro atoms. The van der Waals surface area contributed by atoms with E-state index in [1.54, 1.807) is 24.3 Å². The third-order valence-electron chi connectivity index (χ3n) is 3.26. The molecule has 0 aromatic heterocycles. The summed E-state index contributed by atoms with van der Waals surface area (Å²) in [7, 11) is 0. The largest absolute Gasteiger partial charge is 0.273 e.